The van der Waals surface area contributed by atoms with E-state index in [1.807, 2.05) is 35.0 Å². The summed E-state index contributed by atoms with van der Waals surface area (Å²) in [5, 5.41) is 9.02. The zero-order valence-electron chi connectivity index (χ0n) is 10.6. The van der Waals surface area contributed by atoms with Gasteiger partial charge in [-0.3, -0.25) is 14.7 Å². The SMILES string of the molecule is CN1CCN(Cc2ccccn2)C(=O)C1CCO. The fourth-order valence-corrected chi connectivity index (χ4v) is 2.25. The quantitative estimate of drug-likeness (QED) is 0.822. The Labute approximate surface area is 107 Å². The van der Waals surface area contributed by atoms with Crippen molar-refractivity contribution in [2.75, 3.05) is 26.7 Å². The maximum absolute atomic E-state index is 12.3. The number of pyridine rings is 1. The van der Waals surface area contributed by atoms with E-state index in [1.165, 1.54) is 0 Å². The maximum Gasteiger partial charge on any atom is 0.240 e. The minimum Gasteiger partial charge on any atom is -0.396 e. The van der Waals surface area contributed by atoms with Gasteiger partial charge < -0.3 is 10.0 Å². The van der Waals surface area contributed by atoms with Crippen molar-refractivity contribution in [3.05, 3.63) is 30.1 Å². The van der Waals surface area contributed by atoms with Gasteiger partial charge in [-0.15, -0.1) is 0 Å². The lowest BCUT2D eigenvalue weighted by molar-refractivity contribution is -0.142. The van der Waals surface area contributed by atoms with Crippen LogP contribution < -0.4 is 0 Å². The van der Waals surface area contributed by atoms with Crippen LogP contribution in [0.3, 0.4) is 0 Å². The minimum absolute atomic E-state index is 0.0399. The molecule has 5 nitrogen and oxygen atoms in total. The van der Waals surface area contributed by atoms with Gasteiger partial charge in [0.2, 0.25) is 5.91 Å². The molecule has 1 aliphatic heterocycles. The van der Waals surface area contributed by atoms with Gasteiger partial charge in [0.25, 0.3) is 0 Å². The number of carbonyl (C=O) groups is 1. The standard InChI is InChI=1S/C13H19N3O2/c1-15-7-8-16(13(18)12(15)5-9-17)10-11-4-2-3-6-14-11/h2-4,6,12,17H,5,7-10H2,1H3. The van der Waals surface area contributed by atoms with Crippen LogP contribution in [0.25, 0.3) is 0 Å². The van der Waals surface area contributed by atoms with Gasteiger partial charge in [0.05, 0.1) is 18.3 Å². The smallest absolute Gasteiger partial charge is 0.240 e. The topological polar surface area (TPSA) is 56.7 Å². The van der Waals surface area contributed by atoms with Crippen LogP contribution in [0, 0.1) is 0 Å². The predicted octanol–water partition coefficient (Wildman–Crippen LogP) is 0.107. The molecule has 1 aromatic heterocycles. The van der Waals surface area contributed by atoms with Crippen molar-refractivity contribution in [2.45, 2.75) is 19.0 Å². The predicted molar refractivity (Wildman–Crippen MR) is 67.8 cm³/mol. The number of likely N-dealkylation sites (N-methyl/N-ethyl adjacent to an activating group) is 1. The lowest BCUT2D eigenvalue weighted by Gasteiger charge is -2.38. The molecule has 0 radical (unpaired) electrons. The Bertz CT molecular complexity index is 396. The molecule has 0 saturated carbocycles. The summed E-state index contributed by atoms with van der Waals surface area (Å²) in [7, 11) is 1.93. The first-order valence-electron chi connectivity index (χ1n) is 6.22. The van der Waals surface area contributed by atoms with E-state index in [2.05, 4.69) is 4.98 Å². The number of aromatic nitrogens is 1. The second-order valence-electron chi connectivity index (χ2n) is 4.59. The summed E-state index contributed by atoms with van der Waals surface area (Å²) in [6.45, 7) is 2.14. The summed E-state index contributed by atoms with van der Waals surface area (Å²) < 4.78 is 0. The second-order valence-corrected chi connectivity index (χ2v) is 4.59. The molecule has 1 aliphatic rings. The van der Waals surface area contributed by atoms with E-state index in [9.17, 15) is 4.79 Å². The molecular weight excluding hydrogens is 230 g/mol. The first kappa shape index (κ1) is 13.0. The molecule has 1 aromatic rings. The summed E-state index contributed by atoms with van der Waals surface area (Å²) in [5.41, 5.74) is 0.901. The number of amides is 1. The third-order valence-corrected chi connectivity index (χ3v) is 3.33. The normalized spacial score (nSPS) is 21.3. The zero-order valence-corrected chi connectivity index (χ0v) is 10.6. The number of hydrogen-bond donors (Lipinski definition) is 1. The molecule has 1 atom stereocenters. The van der Waals surface area contributed by atoms with Crippen molar-refractivity contribution < 1.29 is 9.90 Å². The number of piperazine rings is 1. The van der Waals surface area contributed by atoms with Gasteiger partial charge in [-0.25, -0.2) is 0 Å². The van der Waals surface area contributed by atoms with Crippen molar-refractivity contribution in [3.63, 3.8) is 0 Å². The average molecular weight is 249 g/mol. The molecule has 1 unspecified atom stereocenters. The number of carbonyl (C=O) groups excluding carboxylic acids is 1. The van der Waals surface area contributed by atoms with Crippen molar-refractivity contribution >= 4 is 5.91 Å². The fraction of sp³-hybridized carbons (Fsp3) is 0.538. The Morgan fingerprint density at radius 1 is 1.44 bits per heavy atom. The Morgan fingerprint density at radius 2 is 2.28 bits per heavy atom. The van der Waals surface area contributed by atoms with Crippen LogP contribution in [0.1, 0.15) is 12.1 Å². The minimum atomic E-state index is -0.201. The summed E-state index contributed by atoms with van der Waals surface area (Å²) in [6, 6.07) is 5.51. The first-order valence-corrected chi connectivity index (χ1v) is 6.22. The van der Waals surface area contributed by atoms with Crippen LogP contribution in [0.15, 0.2) is 24.4 Å². The van der Waals surface area contributed by atoms with Gasteiger partial charge in [0.15, 0.2) is 0 Å². The van der Waals surface area contributed by atoms with E-state index in [0.29, 0.717) is 19.5 Å². The largest absolute Gasteiger partial charge is 0.396 e. The van der Waals surface area contributed by atoms with Gasteiger partial charge in [-0.2, -0.15) is 0 Å². The molecule has 0 aliphatic carbocycles. The van der Waals surface area contributed by atoms with Gasteiger partial charge in [0, 0.05) is 25.9 Å². The van der Waals surface area contributed by atoms with Crippen molar-refractivity contribution in [1.82, 2.24) is 14.8 Å². The lowest BCUT2D eigenvalue weighted by atomic mass is 10.1. The molecule has 1 fully saturated rings. The third-order valence-electron chi connectivity index (χ3n) is 3.33. The molecule has 1 N–H and O–H groups in total. The van der Waals surface area contributed by atoms with E-state index in [1.54, 1.807) is 6.20 Å². The first-order chi connectivity index (χ1) is 8.72. The van der Waals surface area contributed by atoms with E-state index >= 15 is 0 Å². The Hall–Kier alpha value is -1.46. The van der Waals surface area contributed by atoms with E-state index in [4.69, 9.17) is 5.11 Å². The van der Waals surface area contributed by atoms with Crippen LogP contribution >= 0.6 is 0 Å². The monoisotopic (exact) mass is 249 g/mol. The molecule has 2 heterocycles. The molecule has 0 aromatic carbocycles. The summed E-state index contributed by atoms with van der Waals surface area (Å²) in [4.78, 5) is 20.3. The van der Waals surface area contributed by atoms with Crippen LogP contribution in [0.4, 0.5) is 0 Å². The summed E-state index contributed by atoms with van der Waals surface area (Å²) >= 11 is 0. The molecule has 18 heavy (non-hydrogen) atoms. The van der Waals surface area contributed by atoms with E-state index in [-0.39, 0.29) is 18.6 Å². The molecule has 1 amide bonds. The highest BCUT2D eigenvalue weighted by Crippen LogP contribution is 2.14. The highest BCUT2D eigenvalue weighted by Gasteiger charge is 2.32. The fourth-order valence-electron chi connectivity index (χ4n) is 2.25. The second kappa shape index (κ2) is 5.93. The number of rotatable bonds is 4. The lowest BCUT2D eigenvalue weighted by Crippen LogP contribution is -2.55. The number of hydrogen-bond acceptors (Lipinski definition) is 4. The highest BCUT2D eigenvalue weighted by atomic mass is 16.3. The van der Waals surface area contributed by atoms with Gasteiger partial charge in [0.1, 0.15) is 0 Å². The van der Waals surface area contributed by atoms with E-state index < -0.39 is 0 Å². The van der Waals surface area contributed by atoms with Gasteiger partial charge in [-0.05, 0) is 25.6 Å². The number of aliphatic hydroxyl groups excluding tert-OH is 1. The van der Waals surface area contributed by atoms with E-state index in [0.717, 1.165) is 12.2 Å². The maximum atomic E-state index is 12.3. The zero-order chi connectivity index (χ0) is 13.0. The number of aliphatic hydroxyl groups is 1. The van der Waals surface area contributed by atoms with Crippen LogP contribution in [0.2, 0.25) is 0 Å². The third kappa shape index (κ3) is 2.86. The molecule has 5 heteroatoms. The number of nitrogens with zero attached hydrogens (tertiary/aromatic N) is 3. The molecule has 0 bridgehead atoms. The summed E-state index contributed by atoms with van der Waals surface area (Å²) in [6.07, 6.45) is 2.23. The Balaban J connectivity index is 2.03. The molecular formula is C13H19N3O2. The van der Waals surface area contributed by atoms with Crippen molar-refractivity contribution in [3.8, 4) is 0 Å². The summed E-state index contributed by atoms with van der Waals surface area (Å²) in [5.74, 6) is 0.0865. The van der Waals surface area contributed by atoms with Gasteiger partial charge >= 0.3 is 0 Å². The van der Waals surface area contributed by atoms with Gasteiger partial charge in [-0.1, -0.05) is 6.07 Å². The Kier molecular flexibility index (Phi) is 4.28. The van der Waals surface area contributed by atoms with Crippen molar-refractivity contribution in [1.29, 1.82) is 0 Å². The molecule has 2 rings (SSSR count). The average Bonchev–Trinajstić information content (AvgIpc) is 2.39. The molecule has 1 saturated heterocycles. The van der Waals surface area contributed by atoms with Crippen molar-refractivity contribution in [2.24, 2.45) is 0 Å². The Morgan fingerprint density at radius 3 is 2.94 bits per heavy atom. The molecule has 98 valence electrons. The molecule has 0 spiro atoms. The van der Waals surface area contributed by atoms with Crippen LogP contribution in [0.5, 0.6) is 0 Å². The highest BCUT2D eigenvalue weighted by molar-refractivity contribution is 5.82. The van der Waals surface area contributed by atoms with Crippen LogP contribution in [-0.4, -0.2) is 58.6 Å². The van der Waals surface area contributed by atoms with Crippen LogP contribution in [-0.2, 0) is 11.3 Å².